The Labute approximate surface area is 128 Å². The highest BCUT2D eigenvalue weighted by Crippen LogP contribution is 2.34. The summed E-state index contributed by atoms with van der Waals surface area (Å²) in [5.41, 5.74) is 2.81. The SMILES string of the molecule is CCC1C[CH+]CCN1C(c1ccccc1)c1ccccc1. The van der Waals surface area contributed by atoms with E-state index in [-0.39, 0.29) is 0 Å². The maximum atomic E-state index is 2.70. The van der Waals surface area contributed by atoms with Crippen LogP contribution in [0.2, 0.25) is 0 Å². The van der Waals surface area contributed by atoms with Gasteiger partial charge in [0.05, 0.1) is 18.5 Å². The van der Waals surface area contributed by atoms with E-state index in [1.54, 1.807) is 0 Å². The fourth-order valence-electron chi connectivity index (χ4n) is 3.46. The van der Waals surface area contributed by atoms with Gasteiger partial charge in [0.15, 0.2) is 0 Å². The molecule has 0 N–H and O–H groups in total. The van der Waals surface area contributed by atoms with Crippen LogP contribution in [0.4, 0.5) is 0 Å². The van der Waals surface area contributed by atoms with Crippen LogP contribution in [0.1, 0.15) is 43.4 Å². The zero-order valence-electron chi connectivity index (χ0n) is 12.8. The van der Waals surface area contributed by atoms with E-state index in [1.165, 1.54) is 30.4 Å². The Morgan fingerprint density at radius 3 is 2.10 bits per heavy atom. The van der Waals surface area contributed by atoms with Crippen molar-refractivity contribution in [3.8, 4) is 0 Å². The van der Waals surface area contributed by atoms with Crippen molar-refractivity contribution < 1.29 is 0 Å². The molecular weight excluding hydrogens is 254 g/mol. The Morgan fingerprint density at radius 2 is 1.57 bits per heavy atom. The minimum Gasteiger partial charge on any atom is -0.281 e. The third-order valence-electron chi connectivity index (χ3n) is 4.53. The molecule has 108 valence electrons. The quantitative estimate of drug-likeness (QED) is 0.722. The van der Waals surface area contributed by atoms with Gasteiger partial charge in [0.25, 0.3) is 0 Å². The van der Waals surface area contributed by atoms with E-state index in [1.807, 2.05) is 0 Å². The van der Waals surface area contributed by atoms with Crippen molar-refractivity contribution in [2.24, 2.45) is 0 Å². The summed E-state index contributed by atoms with van der Waals surface area (Å²) in [6.45, 7) is 3.47. The molecule has 1 heterocycles. The molecule has 1 saturated heterocycles. The van der Waals surface area contributed by atoms with E-state index in [9.17, 15) is 0 Å². The van der Waals surface area contributed by atoms with Crippen molar-refractivity contribution in [2.75, 3.05) is 6.54 Å². The smallest absolute Gasteiger partial charge is 0.103 e. The molecule has 1 heteroatoms. The second-order valence-corrected chi connectivity index (χ2v) is 5.84. The minimum atomic E-state index is 0.381. The molecule has 0 aliphatic carbocycles. The molecule has 0 bridgehead atoms. The van der Waals surface area contributed by atoms with Gasteiger partial charge in [0.2, 0.25) is 0 Å². The summed E-state index contributed by atoms with van der Waals surface area (Å²) in [6, 6.07) is 22.9. The van der Waals surface area contributed by atoms with Crippen molar-refractivity contribution in [3.05, 3.63) is 78.2 Å². The number of benzene rings is 2. The number of hydrogen-bond acceptors (Lipinski definition) is 1. The van der Waals surface area contributed by atoms with E-state index < -0.39 is 0 Å². The van der Waals surface area contributed by atoms with Gasteiger partial charge in [-0.1, -0.05) is 67.6 Å². The highest BCUT2D eigenvalue weighted by molar-refractivity contribution is 5.32. The molecule has 1 aliphatic rings. The highest BCUT2D eigenvalue weighted by Gasteiger charge is 2.33. The first kappa shape index (κ1) is 14.2. The lowest BCUT2D eigenvalue weighted by Gasteiger charge is -2.38. The first-order chi connectivity index (χ1) is 10.4. The molecule has 1 aliphatic heterocycles. The molecule has 1 atom stereocenters. The van der Waals surface area contributed by atoms with Crippen LogP contribution in [0.25, 0.3) is 0 Å². The van der Waals surface area contributed by atoms with E-state index in [2.05, 4.69) is 78.9 Å². The molecule has 1 nitrogen and oxygen atoms in total. The van der Waals surface area contributed by atoms with Gasteiger partial charge in [0.1, 0.15) is 12.8 Å². The molecule has 21 heavy (non-hydrogen) atoms. The molecule has 0 spiro atoms. The first-order valence-corrected chi connectivity index (χ1v) is 8.07. The fraction of sp³-hybridized carbons (Fsp3) is 0.350. The third-order valence-corrected chi connectivity index (χ3v) is 4.53. The number of piperidine rings is 1. The van der Waals surface area contributed by atoms with Gasteiger partial charge in [-0.15, -0.1) is 0 Å². The first-order valence-electron chi connectivity index (χ1n) is 8.07. The maximum absolute atomic E-state index is 2.70. The number of rotatable bonds is 4. The normalized spacial score (nSPS) is 19.4. The summed E-state index contributed by atoms with van der Waals surface area (Å²) in [5, 5.41) is 0. The van der Waals surface area contributed by atoms with Crippen molar-refractivity contribution >= 4 is 0 Å². The Kier molecular flexibility index (Phi) is 4.62. The summed E-state index contributed by atoms with van der Waals surface area (Å²) in [4.78, 5) is 2.70. The molecular formula is C20H24N+. The van der Waals surface area contributed by atoms with E-state index in [0.717, 1.165) is 6.54 Å². The van der Waals surface area contributed by atoms with Gasteiger partial charge in [-0.3, -0.25) is 4.90 Å². The summed E-state index contributed by atoms with van der Waals surface area (Å²) >= 11 is 0. The van der Waals surface area contributed by atoms with Gasteiger partial charge in [-0.25, -0.2) is 0 Å². The molecule has 0 amide bonds. The van der Waals surface area contributed by atoms with Crippen LogP contribution in [-0.4, -0.2) is 17.5 Å². The predicted molar refractivity (Wildman–Crippen MR) is 89.0 cm³/mol. The molecule has 0 aromatic heterocycles. The standard InChI is InChI=1S/C20H24N/c1-2-19-15-9-10-16-21(19)20(17-11-5-3-6-12-17)18-13-7-4-8-14-18/h3-9,11-14,19-20H,2,10,15-16H2,1H3/q+1. The Balaban J connectivity index is 2.00. The zero-order valence-corrected chi connectivity index (χ0v) is 12.8. The van der Waals surface area contributed by atoms with Gasteiger partial charge in [-0.2, -0.15) is 0 Å². The second-order valence-electron chi connectivity index (χ2n) is 5.84. The Bertz CT molecular complexity index is 495. The van der Waals surface area contributed by atoms with E-state index in [4.69, 9.17) is 0 Å². The lowest BCUT2D eigenvalue weighted by atomic mass is 9.91. The second kappa shape index (κ2) is 6.82. The van der Waals surface area contributed by atoms with Crippen LogP contribution in [0.15, 0.2) is 60.7 Å². The predicted octanol–water partition coefficient (Wildman–Crippen LogP) is 4.85. The Hall–Kier alpha value is -1.73. The van der Waals surface area contributed by atoms with Crippen LogP contribution in [0, 0.1) is 6.42 Å². The third kappa shape index (κ3) is 3.14. The van der Waals surface area contributed by atoms with Crippen LogP contribution >= 0.6 is 0 Å². The van der Waals surface area contributed by atoms with Crippen molar-refractivity contribution in [1.29, 1.82) is 0 Å². The summed E-state index contributed by atoms with van der Waals surface area (Å²) < 4.78 is 0. The van der Waals surface area contributed by atoms with Gasteiger partial charge in [0, 0.05) is 6.54 Å². The Morgan fingerprint density at radius 1 is 1.00 bits per heavy atom. The van der Waals surface area contributed by atoms with Crippen LogP contribution in [-0.2, 0) is 0 Å². The van der Waals surface area contributed by atoms with E-state index >= 15 is 0 Å². The minimum absolute atomic E-state index is 0.381. The lowest BCUT2D eigenvalue weighted by molar-refractivity contribution is 0.129. The van der Waals surface area contributed by atoms with Crippen LogP contribution < -0.4 is 0 Å². The number of nitrogens with zero attached hydrogens (tertiary/aromatic N) is 1. The molecule has 1 fully saturated rings. The average molecular weight is 278 g/mol. The van der Waals surface area contributed by atoms with Gasteiger partial charge < -0.3 is 0 Å². The fourth-order valence-corrected chi connectivity index (χ4v) is 3.46. The largest absolute Gasteiger partial charge is 0.281 e. The molecule has 0 saturated carbocycles. The van der Waals surface area contributed by atoms with Crippen molar-refractivity contribution in [1.82, 2.24) is 4.90 Å². The average Bonchev–Trinajstić information content (AvgIpc) is 2.58. The molecule has 2 aromatic carbocycles. The molecule has 3 rings (SSSR count). The monoisotopic (exact) mass is 278 g/mol. The molecule has 0 radical (unpaired) electrons. The summed E-state index contributed by atoms with van der Waals surface area (Å²) in [5.74, 6) is 0. The maximum Gasteiger partial charge on any atom is 0.103 e. The highest BCUT2D eigenvalue weighted by atomic mass is 15.2. The van der Waals surface area contributed by atoms with E-state index in [0.29, 0.717) is 12.1 Å². The van der Waals surface area contributed by atoms with Gasteiger partial charge in [-0.05, 0) is 17.5 Å². The van der Waals surface area contributed by atoms with Crippen LogP contribution in [0.5, 0.6) is 0 Å². The lowest BCUT2D eigenvalue weighted by Crippen LogP contribution is -2.42. The molecule has 2 aromatic rings. The summed E-state index contributed by atoms with van der Waals surface area (Å²) in [7, 11) is 0. The topological polar surface area (TPSA) is 3.24 Å². The zero-order chi connectivity index (χ0) is 14.5. The number of hydrogen-bond donors (Lipinski definition) is 0. The molecule has 1 unspecified atom stereocenters. The van der Waals surface area contributed by atoms with Gasteiger partial charge >= 0.3 is 0 Å². The number of likely N-dealkylation sites (tertiary alicyclic amines) is 1. The van der Waals surface area contributed by atoms with Crippen molar-refractivity contribution in [2.45, 2.75) is 38.3 Å². The summed E-state index contributed by atoms with van der Waals surface area (Å²) in [6.07, 6.45) is 6.09. The van der Waals surface area contributed by atoms with Crippen molar-refractivity contribution in [3.63, 3.8) is 0 Å². The van der Waals surface area contributed by atoms with Crippen LogP contribution in [0.3, 0.4) is 0 Å².